The fourth-order valence-corrected chi connectivity index (χ4v) is 4.90. The predicted octanol–water partition coefficient (Wildman–Crippen LogP) is 3.00. The normalized spacial score (nSPS) is 18.2. The van der Waals surface area contributed by atoms with Crippen LogP contribution in [0, 0.1) is 0 Å². The Hall–Kier alpha value is -4.20. The van der Waals surface area contributed by atoms with Gasteiger partial charge in [-0.2, -0.15) is 0 Å². The average Bonchev–Trinajstić information content (AvgIpc) is 3.50. The van der Waals surface area contributed by atoms with Crippen LogP contribution in [0.3, 0.4) is 0 Å². The van der Waals surface area contributed by atoms with Crippen molar-refractivity contribution in [3.63, 3.8) is 0 Å². The molecule has 2 aromatic carbocycles. The van der Waals surface area contributed by atoms with E-state index in [9.17, 15) is 14.4 Å². The molecular weight excluding hydrogens is 418 g/mol. The number of nitrogens with one attached hydrogen (secondary N) is 2. The fourth-order valence-electron chi connectivity index (χ4n) is 4.90. The predicted molar refractivity (Wildman–Crippen MR) is 122 cm³/mol. The number of hydrogen-bond acceptors (Lipinski definition) is 4. The van der Waals surface area contributed by atoms with Crippen molar-refractivity contribution in [1.82, 2.24) is 24.8 Å². The average molecular weight is 439 g/mol. The van der Waals surface area contributed by atoms with Crippen LogP contribution in [0.25, 0.3) is 33.4 Å². The number of aromatic amines is 1. The van der Waals surface area contributed by atoms with Crippen LogP contribution >= 0.6 is 0 Å². The van der Waals surface area contributed by atoms with Crippen LogP contribution in [0.4, 0.5) is 0 Å². The molecule has 2 aromatic heterocycles. The minimum atomic E-state index is -0.621. The van der Waals surface area contributed by atoms with Crippen LogP contribution in [-0.2, 0) is 23.2 Å². The first kappa shape index (κ1) is 19.5. The van der Waals surface area contributed by atoms with E-state index in [-0.39, 0.29) is 18.2 Å². The minimum absolute atomic E-state index is 0.176. The molecule has 4 heterocycles. The van der Waals surface area contributed by atoms with E-state index in [0.717, 1.165) is 39.0 Å². The number of aromatic nitrogens is 3. The Labute approximate surface area is 189 Å². The topological polar surface area (TPSA) is 100 Å². The zero-order valence-corrected chi connectivity index (χ0v) is 18.0. The second kappa shape index (κ2) is 7.16. The van der Waals surface area contributed by atoms with Gasteiger partial charge in [0, 0.05) is 53.8 Å². The molecule has 8 heteroatoms. The molecule has 1 saturated heterocycles. The summed E-state index contributed by atoms with van der Waals surface area (Å²) in [4.78, 5) is 46.3. The van der Waals surface area contributed by atoms with Crippen molar-refractivity contribution in [3.8, 4) is 22.5 Å². The highest BCUT2D eigenvalue weighted by molar-refractivity contribution is 6.05. The summed E-state index contributed by atoms with van der Waals surface area (Å²) in [6.07, 6.45) is 4.30. The number of H-pyrrole nitrogens is 1. The summed E-state index contributed by atoms with van der Waals surface area (Å²) in [7, 11) is 1.97. The number of imidazole rings is 1. The van der Waals surface area contributed by atoms with Crippen molar-refractivity contribution in [3.05, 3.63) is 66.1 Å². The van der Waals surface area contributed by atoms with E-state index < -0.39 is 11.9 Å². The van der Waals surface area contributed by atoms with E-state index in [1.807, 2.05) is 42.1 Å². The lowest BCUT2D eigenvalue weighted by Crippen LogP contribution is -2.52. The largest absolute Gasteiger partial charge is 0.361 e. The van der Waals surface area contributed by atoms with Crippen LogP contribution in [0.2, 0.25) is 0 Å². The van der Waals surface area contributed by atoms with Crippen LogP contribution in [0.1, 0.15) is 28.8 Å². The molecule has 1 atom stereocenters. The maximum Gasteiger partial charge on any atom is 0.255 e. The number of carbonyl (C=O) groups is 3. The van der Waals surface area contributed by atoms with Crippen LogP contribution in [0.15, 0.2) is 55.0 Å². The first-order valence-corrected chi connectivity index (χ1v) is 10.9. The third-order valence-electron chi connectivity index (χ3n) is 6.56. The lowest BCUT2D eigenvalue weighted by molar-refractivity contribution is -0.136. The van der Waals surface area contributed by atoms with Crippen LogP contribution < -0.4 is 5.32 Å². The fraction of sp³-hybridized carbons (Fsp3) is 0.200. The van der Waals surface area contributed by atoms with Gasteiger partial charge >= 0.3 is 0 Å². The van der Waals surface area contributed by atoms with Crippen molar-refractivity contribution >= 4 is 28.6 Å². The van der Waals surface area contributed by atoms with Gasteiger partial charge in [0.1, 0.15) is 6.04 Å². The number of benzene rings is 2. The second-order valence-corrected chi connectivity index (χ2v) is 8.60. The number of piperidine rings is 1. The van der Waals surface area contributed by atoms with Crippen LogP contribution in [-0.4, -0.2) is 43.2 Å². The van der Waals surface area contributed by atoms with E-state index in [1.54, 1.807) is 11.2 Å². The lowest BCUT2D eigenvalue weighted by atomic mass is 10.00. The third-order valence-corrected chi connectivity index (χ3v) is 6.56. The van der Waals surface area contributed by atoms with Crippen molar-refractivity contribution in [2.45, 2.75) is 25.4 Å². The molecule has 33 heavy (non-hydrogen) atoms. The van der Waals surface area contributed by atoms with Crippen molar-refractivity contribution in [2.24, 2.45) is 7.05 Å². The Bertz CT molecular complexity index is 1460. The number of imide groups is 1. The van der Waals surface area contributed by atoms with Gasteiger partial charge < -0.3 is 14.5 Å². The summed E-state index contributed by atoms with van der Waals surface area (Å²) >= 11 is 0. The summed E-state index contributed by atoms with van der Waals surface area (Å²) in [5.41, 5.74) is 6.32. The molecule has 6 rings (SSSR count). The highest BCUT2D eigenvalue weighted by atomic mass is 16.2. The van der Waals surface area contributed by atoms with Gasteiger partial charge in [-0.25, -0.2) is 4.98 Å². The Balaban J connectivity index is 1.36. The SMILES string of the molecule is Cn1cnc(-c2ccc3c(c2)CN(C2CCC(=O)NC2=O)C3=O)c1-c1ccc2[nH]ccc2c1. The summed E-state index contributed by atoms with van der Waals surface area (Å²) in [5, 5.41) is 3.47. The number of rotatable bonds is 3. The van der Waals surface area contributed by atoms with Gasteiger partial charge in [-0.3, -0.25) is 19.7 Å². The van der Waals surface area contributed by atoms with E-state index in [1.165, 1.54) is 0 Å². The molecule has 1 fully saturated rings. The molecule has 1 unspecified atom stereocenters. The van der Waals surface area contributed by atoms with Gasteiger partial charge in [-0.1, -0.05) is 12.1 Å². The van der Waals surface area contributed by atoms with Crippen molar-refractivity contribution < 1.29 is 14.4 Å². The van der Waals surface area contributed by atoms with Gasteiger partial charge in [0.25, 0.3) is 5.91 Å². The zero-order valence-electron chi connectivity index (χ0n) is 18.0. The molecule has 4 aromatic rings. The zero-order chi connectivity index (χ0) is 22.7. The van der Waals surface area contributed by atoms with Crippen molar-refractivity contribution in [1.29, 1.82) is 0 Å². The Kier molecular flexibility index (Phi) is 4.23. The van der Waals surface area contributed by atoms with Crippen molar-refractivity contribution in [2.75, 3.05) is 0 Å². The summed E-state index contributed by atoms with van der Waals surface area (Å²) < 4.78 is 2.00. The highest BCUT2D eigenvalue weighted by Gasteiger charge is 2.39. The molecule has 2 aliphatic rings. The summed E-state index contributed by atoms with van der Waals surface area (Å²) in [6, 6.07) is 13.4. The molecule has 0 spiro atoms. The van der Waals surface area contributed by atoms with E-state index in [0.29, 0.717) is 18.5 Å². The second-order valence-electron chi connectivity index (χ2n) is 8.60. The van der Waals surface area contributed by atoms with Gasteiger partial charge in [0.15, 0.2) is 0 Å². The third kappa shape index (κ3) is 3.06. The monoisotopic (exact) mass is 439 g/mol. The van der Waals surface area contributed by atoms with Gasteiger partial charge in [-0.15, -0.1) is 0 Å². The molecule has 0 radical (unpaired) electrons. The molecule has 2 N–H and O–H groups in total. The number of fused-ring (bicyclic) bond motifs is 2. The number of carbonyl (C=O) groups excluding carboxylic acids is 3. The first-order valence-electron chi connectivity index (χ1n) is 10.9. The Morgan fingerprint density at radius 1 is 1.03 bits per heavy atom. The molecule has 2 aliphatic heterocycles. The maximum absolute atomic E-state index is 13.0. The van der Waals surface area contributed by atoms with E-state index >= 15 is 0 Å². The maximum atomic E-state index is 13.0. The molecule has 164 valence electrons. The molecular formula is C25H21N5O3. The number of nitrogens with zero attached hydrogens (tertiary/aromatic N) is 3. The van der Waals surface area contributed by atoms with Crippen LogP contribution in [0.5, 0.6) is 0 Å². The standard InChI is InChI=1S/C25H21N5O3/c1-29-13-27-22(23(29)16-3-5-19-14(10-16)8-9-26-19)15-2-4-18-17(11-15)12-30(25(18)33)20-6-7-21(31)28-24(20)32/h2-5,8-11,13,20,26H,6-7,12H2,1H3,(H,28,31,32). The minimum Gasteiger partial charge on any atom is -0.361 e. The quantitative estimate of drug-likeness (QED) is 0.479. The Morgan fingerprint density at radius 2 is 1.88 bits per heavy atom. The number of amides is 3. The van der Waals surface area contributed by atoms with E-state index in [2.05, 4.69) is 33.5 Å². The number of hydrogen-bond donors (Lipinski definition) is 2. The Morgan fingerprint density at radius 3 is 2.73 bits per heavy atom. The number of aryl methyl sites for hydroxylation is 1. The first-order chi connectivity index (χ1) is 16.0. The molecule has 3 amide bonds. The molecule has 0 aliphatic carbocycles. The highest BCUT2D eigenvalue weighted by Crippen LogP contribution is 2.35. The van der Waals surface area contributed by atoms with E-state index in [4.69, 9.17) is 0 Å². The smallest absolute Gasteiger partial charge is 0.255 e. The molecule has 0 saturated carbocycles. The van der Waals surface area contributed by atoms with Gasteiger partial charge in [0.2, 0.25) is 11.8 Å². The van der Waals surface area contributed by atoms with Gasteiger partial charge in [0.05, 0.1) is 17.7 Å². The van der Waals surface area contributed by atoms with Gasteiger partial charge in [-0.05, 0) is 42.3 Å². The summed E-state index contributed by atoms with van der Waals surface area (Å²) in [6.45, 7) is 0.339. The summed E-state index contributed by atoms with van der Waals surface area (Å²) in [5.74, 6) is -0.867. The lowest BCUT2D eigenvalue weighted by Gasteiger charge is -2.29. The molecule has 8 nitrogen and oxygen atoms in total. The molecule has 0 bridgehead atoms.